The number of rotatable bonds is 8. The van der Waals surface area contributed by atoms with E-state index in [2.05, 4.69) is 10.3 Å². The third kappa shape index (κ3) is 5.16. The van der Waals surface area contributed by atoms with E-state index in [9.17, 15) is 9.59 Å². The Bertz CT molecular complexity index is 1760. The fourth-order valence-corrected chi connectivity index (χ4v) is 4.52. The summed E-state index contributed by atoms with van der Waals surface area (Å²) < 4.78 is 29.3. The number of para-hydroxylation sites is 1. The molecule has 0 aliphatic rings. The summed E-state index contributed by atoms with van der Waals surface area (Å²) in [5, 5.41) is 3.33. The monoisotopic (exact) mass is 541 g/mol. The highest BCUT2D eigenvalue weighted by Gasteiger charge is 2.24. The molecule has 204 valence electrons. The van der Waals surface area contributed by atoms with Crippen molar-refractivity contribution >= 4 is 22.5 Å². The van der Waals surface area contributed by atoms with Crippen LogP contribution in [0.25, 0.3) is 16.6 Å². The highest BCUT2D eigenvalue weighted by molar-refractivity contribution is 6.05. The van der Waals surface area contributed by atoms with E-state index in [4.69, 9.17) is 15.2 Å². The fraction of sp³-hybridized carbons (Fsp3) is 0.167. The van der Waals surface area contributed by atoms with Gasteiger partial charge in [-0.2, -0.15) is 0 Å². The number of amides is 1. The van der Waals surface area contributed by atoms with Gasteiger partial charge < -0.3 is 20.5 Å². The van der Waals surface area contributed by atoms with E-state index in [1.54, 1.807) is 73.4 Å². The van der Waals surface area contributed by atoms with Crippen LogP contribution in [0.3, 0.4) is 0 Å². The quantitative estimate of drug-likeness (QED) is 0.285. The lowest BCUT2D eigenvalue weighted by Crippen LogP contribution is -2.30. The Kier molecular flexibility index (Phi) is 7.35. The van der Waals surface area contributed by atoms with Gasteiger partial charge in [-0.25, -0.2) is 9.07 Å². The van der Waals surface area contributed by atoms with Gasteiger partial charge in [0.1, 0.15) is 17.1 Å². The highest BCUT2D eigenvalue weighted by Crippen LogP contribution is 2.33. The number of carbonyl (C=O) groups excluding carboxylic acids is 1. The number of halogens is 1. The first-order valence-corrected chi connectivity index (χ1v) is 12.6. The molecule has 0 aliphatic carbocycles. The summed E-state index contributed by atoms with van der Waals surface area (Å²) >= 11 is 0. The number of aromatic nitrogens is 3. The summed E-state index contributed by atoms with van der Waals surface area (Å²) in [5.74, 6) is -0.327. The fourth-order valence-electron chi connectivity index (χ4n) is 4.52. The summed E-state index contributed by atoms with van der Waals surface area (Å²) in [7, 11) is 1.56. The third-order valence-electron chi connectivity index (χ3n) is 6.40. The Morgan fingerprint density at radius 3 is 2.55 bits per heavy atom. The van der Waals surface area contributed by atoms with E-state index in [0.29, 0.717) is 40.3 Å². The minimum atomic E-state index is -0.691. The Morgan fingerprint density at radius 1 is 1.07 bits per heavy atom. The predicted octanol–water partition coefficient (Wildman–Crippen LogP) is 5.04. The predicted molar refractivity (Wildman–Crippen MR) is 151 cm³/mol. The van der Waals surface area contributed by atoms with E-state index in [1.165, 1.54) is 16.8 Å². The van der Waals surface area contributed by atoms with E-state index in [1.807, 2.05) is 13.0 Å². The number of ether oxygens (including phenoxy) is 2. The number of methoxy groups -OCH3 is 1. The van der Waals surface area contributed by atoms with Crippen LogP contribution in [-0.4, -0.2) is 33.4 Å². The Balaban J connectivity index is 1.42. The maximum atomic E-state index is 15.1. The minimum absolute atomic E-state index is 0.0352. The first kappa shape index (κ1) is 26.6. The number of fused-ring (bicyclic) bond motifs is 1. The van der Waals surface area contributed by atoms with Gasteiger partial charge in [-0.3, -0.25) is 19.3 Å². The van der Waals surface area contributed by atoms with Crippen LogP contribution in [0.5, 0.6) is 17.2 Å². The first-order chi connectivity index (χ1) is 19.3. The average molecular weight is 542 g/mol. The maximum Gasteiger partial charge on any atom is 0.284 e. The number of hydrogen-bond acceptors (Lipinski definition) is 6. The van der Waals surface area contributed by atoms with Gasteiger partial charge in [0.25, 0.3) is 11.5 Å². The number of hydrogen-bond donors (Lipinski definition) is 2. The first-order valence-electron chi connectivity index (χ1n) is 12.6. The zero-order chi connectivity index (χ0) is 28.4. The van der Waals surface area contributed by atoms with Gasteiger partial charge in [0.05, 0.1) is 30.6 Å². The second kappa shape index (κ2) is 11.0. The summed E-state index contributed by atoms with van der Waals surface area (Å²) in [5.41, 5.74) is 7.34. The molecule has 9 nitrogen and oxygen atoms in total. The lowest BCUT2D eigenvalue weighted by molar-refractivity contribution is 0.102. The van der Waals surface area contributed by atoms with Crippen molar-refractivity contribution in [3.8, 4) is 22.9 Å². The minimum Gasteiger partial charge on any atom is -0.497 e. The molecule has 5 aromatic rings. The molecule has 3 N–H and O–H groups in total. The second-order valence-corrected chi connectivity index (χ2v) is 9.37. The summed E-state index contributed by atoms with van der Waals surface area (Å²) in [4.78, 5) is 31.0. The van der Waals surface area contributed by atoms with Crippen LogP contribution in [-0.2, 0) is 6.54 Å². The molecule has 2 aromatic heterocycles. The number of nitrogens with zero attached hydrogens (tertiary/aromatic N) is 3. The molecular weight excluding hydrogens is 513 g/mol. The summed E-state index contributed by atoms with van der Waals surface area (Å²) in [6, 6.07) is 19.7. The number of anilines is 1. The van der Waals surface area contributed by atoms with Gasteiger partial charge in [0.2, 0.25) is 0 Å². The number of pyridine rings is 1. The largest absolute Gasteiger partial charge is 0.497 e. The smallest absolute Gasteiger partial charge is 0.284 e. The number of benzene rings is 3. The van der Waals surface area contributed by atoms with E-state index >= 15 is 4.39 Å². The van der Waals surface area contributed by atoms with E-state index in [-0.39, 0.29) is 23.0 Å². The van der Waals surface area contributed by atoms with Gasteiger partial charge in [0.15, 0.2) is 11.6 Å². The Labute approximate surface area is 229 Å². The zero-order valence-corrected chi connectivity index (χ0v) is 22.2. The van der Waals surface area contributed by atoms with Crippen molar-refractivity contribution in [3.05, 3.63) is 106 Å². The van der Waals surface area contributed by atoms with Crippen LogP contribution >= 0.6 is 0 Å². The lowest BCUT2D eigenvalue weighted by atomic mass is 10.2. The van der Waals surface area contributed by atoms with Gasteiger partial charge in [-0.05, 0) is 56.3 Å². The van der Waals surface area contributed by atoms with Crippen molar-refractivity contribution in [1.82, 2.24) is 14.3 Å². The molecule has 0 bridgehead atoms. The molecule has 0 spiro atoms. The van der Waals surface area contributed by atoms with Crippen LogP contribution in [0.4, 0.5) is 10.1 Å². The second-order valence-electron chi connectivity index (χ2n) is 9.37. The SMILES string of the molecule is COc1ccc2c(Oc3ccc(NC(=O)c4c(C)n(C[C@H](C)N)n(-c5ccccc5)c4=O)cc3F)ccnc2c1. The van der Waals surface area contributed by atoms with Crippen molar-refractivity contribution in [2.75, 3.05) is 12.4 Å². The van der Waals surface area contributed by atoms with Crippen LogP contribution in [0.2, 0.25) is 0 Å². The highest BCUT2D eigenvalue weighted by atomic mass is 19.1. The van der Waals surface area contributed by atoms with Crippen molar-refractivity contribution in [2.24, 2.45) is 5.73 Å². The van der Waals surface area contributed by atoms with Gasteiger partial charge >= 0.3 is 0 Å². The van der Waals surface area contributed by atoms with Gasteiger partial charge in [-0.1, -0.05) is 18.2 Å². The molecule has 0 unspecified atom stereocenters. The topological polar surface area (TPSA) is 113 Å². The van der Waals surface area contributed by atoms with Crippen LogP contribution < -0.4 is 26.1 Å². The normalized spacial score (nSPS) is 11.8. The lowest BCUT2D eigenvalue weighted by Gasteiger charge is -2.15. The van der Waals surface area contributed by atoms with E-state index in [0.717, 1.165) is 6.07 Å². The summed E-state index contributed by atoms with van der Waals surface area (Å²) in [6.45, 7) is 3.82. The number of nitrogens with two attached hydrogens (primary N) is 1. The molecular formula is C30H28FN5O4. The van der Waals surface area contributed by atoms with Crippen molar-refractivity contribution < 1.29 is 18.7 Å². The van der Waals surface area contributed by atoms with Gasteiger partial charge in [0, 0.05) is 35.4 Å². The average Bonchev–Trinajstić information content (AvgIpc) is 3.18. The molecule has 3 aromatic carbocycles. The van der Waals surface area contributed by atoms with Crippen LogP contribution in [0.1, 0.15) is 23.0 Å². The molecule has 0 saturated carbocycles. The molecule has 40 heavy (non-hydrogen) atoms. The molecule has 0 saturated heterocycles. The van der Waals surface area contributed by atoms with Gasteiger partial charge in [-0.15, -0.1) is 0 Å². The van der Waals surface area contributed by atoms with Crippen LogP contribution in [0, 0.1) is 12.7 Å². The number of nitrogens with one attached hydrogen (secondary N) is 1. The van der Waals surface area contributed by atoms with Crippen molar-refractivity contribution in [2.45, 2.75) is 26.4 Å². The van der Waals surface area contributed by atoms with Crippen LogP contribution in [0.15, 0.2) is 83.8 Å². The Hall–Kier alpha value is -4.96. The third-order valence-corrected chi connectivity index (χ3v) is 6.40. The molecule has 0 fully saturated rings. The molecule has 10 heteroatoms. The molecule has 2 heterocycles. The molecule has 1 amide bonds. The zero-order valence-electron chi connectivity index (χ0n) is 22.2. The number of carbonyl (C=O) groups is 1. The van der Waals surface area contributed by atoms with Crippen molar-refractivity contribution in [3.63, 3.8) is 0 Å². The molecule has 0 aliphatic heterocycles. The molecule has 0 radical (unpaired) electrons. The standard InChI is InChI=1S/C30H28FN5O4/c1-18(32)17-35-19(2)28(30(38)36(35)21-7-5-4-6-8-21)29(37)34-20-9-12-27(24(31)15-20)40-26-13-14-33-25-16-22(39-3)10-11-23(25)26/h4-16,18H,17,32H2,1-3H3,(H,34,37)/t18-/m0/s1. The van der Waals surface area contributed by atoms with Crippen molar-refractivity contribution in [1.29, 1.82) is 0 Å². The summed E-state index contributed by atoms with van der Waals surface area (Å²) in [6.07, 6.45) is 1.56. The maximum absolute atomic E-state index is 15.1. The Morgan fingerprint density at radius 2 is 1.85 bits per heavy atom. The molecule has 5 rings (SSSR count). The van der Waals surface area contributed by atoms with E-state index < -0.39 is 17.3 Å². The molecule has 1 atom stereocenters.